The van der Waals surface area contributed by atoms with E-state index in [0.717, 1.165) is 31.8 Å². The summed E-state index contributed by atoms with van der Waals surface area (Å²) < 4.78 is 5.58. The highest BCUT2D eigenvalue weighted by molar-refractivity contribution is 5.68. The molecule has 1 aliphatic heterocycles. The third-order valence-electron chi connectivity index (χ3n) is 3.25. The Bertz CT molecular complexity index is 404. The average molecular weight is 264 g/mol. The molecule has 0 bridgehead atoms. The van der Waals surface area contributed by atoms with E-state index in [9.17, 15) is 4.79 Å². The second-order valence-electron chi connectivity index (χ2n) is 4.90. The summed E-state index contributed by atoms with van der Waals surface area (Å²) in [6, 6.07) is 9.68. The highest BCUT2D eigenvalue weighted by Gasteiger charge is 2.38. The molecule has 0 atom stereocenters. The van der Waals surface area contributed by atoms with E-state index in [4.69, 9.17) is 9.84 Å². The van der Waals surface area contributed by atoms with Crippen LogP contribution in [0.5, 0.6) is 5.75 Å². The van der Waals surface area contributed by atoms with Gasteiger partial charge in [0.25, 0.3) is 0 Å². The normalized spacial score (nSPS) is 16.6. The molecule has 1 aromatic carbocycles. The van der Waals surface area contributed by atoms with Crippen molar-refractivity contribution < 1.29 is 14.6 Å². The van der Waals surface area contributed by atoms with Crippen LogP contribution in [0.15, 0.2) is 30.3 Å². The van der Waals surface area contributed by atoms with Crippen molar-refractivity contribution in [1.29, 1.82) is 0 Å². The summed E-state index contributed by atoms with van der Waals surface area (Å²) in [7, 11) is 0. The van der Waals surface area contributed by atoms with Crippen molar-refractivity contribution >= 4 is 5.97 Å². The molecule has 19 heavy (non-hydrogen) atoms. The maximum atomic E-state index is 10.8. The van der Waals surface area contributed by atoms with Crippen LogP contribution in [0.1, 0.15) is 12.8 Å². The van der Waals surface area contributed by atoms with Gasteiger partial charge in [0.1, 0.15) is 5.75 Å². The number of para-hydroxylation sites is 1. The third-order valence-corrected chi connectivity index (χ3v) is 3.25. The van der Waals surface area contributed by atoms with Crippen molar-refractivity contribution in [2.45, 2.75) is 18.4 Å². The van der Waals surface area contributed by atoms with Gasteiger partial charge >= 0.3 is 5.97 Å². The number of carboxylic acids is 1. The van der Waals surface area contributed by atoms with Crippen LogP contribution >= 0.6 is 0 Å². The summed E-state index contributed by atoms with van der Waals surface area (Å²) in [5.74, 6) is 0.114. The van der Waals surface area contributed by atoms with Gasteiger partial charge in [0, 0.05) is 13.1 Å². The molecular formula is C14H20N2O3. The van der Waals surface area contributed by atoms with Gasteiger partial charge in [-0.1, -0.05) is 18.2 Å². The zero-order chi connectivity index (χ0) is 13.6. The number of ether oxygens (including phenoxy) is 1. The molecule has 5 nitrogen and oxygen atoms in total. The summed E-state index contributed by atoms with van der Waals surface area (Å²) in [6.07, 6.45) is 1.02. The lowest BCUT2D eigenvalue weighted by molar-refractivity contribution is -0.139. The molecule has 104 valence electrons. The smallest absolute Gasteiger partial charge is 0.305 e. The van der Waals surface area contributed by atoms with Crippen LogP contribution in [-0.2, 0) is 4.79 Å². The summed E-state index contributed by atoms with van der Waals surface area (Å²) >= 11 is 0. The summed E-state index contributed by atoms with van der Waals surface area (Å²) in [5, 5.41) is 15.3. The van der Waals surface area contributed by atoms with Crippen LogP contribution in [0.2, 0.25) is 0 Å². The molecule has 0 spiro atoms. The largest absolute Gasteiger partial charge is 0.494 e. The SMILES string of the molecule is O=C(O)CC1(NCCCOc2ccccc2)CNC1. The Morgan fingerprint density at radius 1 is 1.37 bits per heavy atom. The van der Waals surface area contributed by atoms with Crippen LogP contribution in [-0.4, -0.2) is 42.9 Å². The highest BCUT2D eigenvalue weighted by Crippen LogP contribution is 2.16. The van der Waals surface area contributed by atoms with Gasteiger partial charge in [0.15, 0.2) is 0 Å². The highest BCUT2D eigenvalue weighted by atomic mass is 16.5. The molecule has 1 fully saturated rings. The lowest BCUT2D eigenvalue weighted by atomic mass is 9.88. The first-order valence-corrected chi connectivity index (χ1v) is 6.56. The van der Waals surface area contributed by atoms with Gasteiger partial charge in [-0.05, 0) is 25.1 Å². The van der Waals surface area contributed by atoms with Crippen LogP contribution in [0, 0.1) is 0 Å². The van der Waals surface area contributed by atoms with Gasteiger partial charge in [-0.3, -0.25) is 4.79 Å². The Morgan fingerprint density at radius 2 is 2.11 bits per heavy atom. The molecule has 5 heteroatoms. The van der Waals surface area contributed by atoms with Crippen molar-refractivity contribution in [2.24, 2.45) is 0 Å². The molecule has 1 aromatic rings. The minimum Gasteiger partial charge on any atom is -0.494 e. The Hall–Kier alpha value is -1.59. The van der Waals surface area contributed by atoms with Crippen LogP contribution in [0.25, 0.3) is 0 Å². The van der Waals surface area contributed by atoms with E-state index in [1.807, 2.05) is 30.3 Å². The molecule has 0 aromatic heterocycles. The maximum absolute atomic E-state index is 10.8. The minimum absolute atomic E-state index is 0.166. The monoisotopic (exact) mass is 264 g/mol. The molecule has 1 saturated heterocycles. The Balaban J connectivity index is 1.62. The van der Waals surface area contributed by atoms with E-state index in [1.165, 1.54) is 0 Å². The van der Waals surface area contributed by atoms with Crippen molar-refractivity contribution in [3.05, 3.63) is 30.3 Å². The fourth-order valence-corrected chi connectivity index (χ4v) is 2.16. The summed E-state index contributed by atoms with van der Waals surface area (Å²) in [4.78, 5) is 10.8. The summed E-state index contributed by atoms with van der Waals surface area (Å²) in [6.45, 7) is 2.84. The number of benzene rings is 1. The van der Waals surface area contributed by atoms with Crippen molar-refractivity contribution in [1.82, 2.24) is 10.6 Å². The number of carboxylic acid groups (broad SMARTS) is 1. The van der Waals surface area contributed by atoms with Gasteiger partial charge in [0.2, 0.25) is 0 Å². The molecule has 2 rings (SSSR count). The molecule has 0 unspecified atom stereocenters. The first-order valence-electron chi connectivity index (χ1n) is 6.56. The van der Waals surface area contributed by atoms with E-state index in [2.05, 4.69) is 10.6 Å². The Kier molecular flexibility index (Phi) is 4.76. The number of carbonyl (C=O) groups is 1. The van der Waals surface area contributed by atoms with Crippen molar-refractivity contribution in [3.8, 4) is 5.75 Å². The number of aliphatic carboxylic acids is 1. The van der Waals surface area contributed by atoms with E-state index in [-0.39, 0.29) is 12.0 Å². The van der Waals surface area contributed by atoms with Gasteiger partial charge in [0.05, 0.1) is 18.6 Å². The summed E-state index contributed by atoms with van der Waals surface area (Å²) in [5.41, 5.74) is -0.265. The zero-order valence-electron chi connectivity index (χ0n) is 10.9. The lowest BCUT2D eigenvalue weighted by Gasteiger charge is -2.42. The molecule has 0 radical (unpaired) electrons. The minimum atomic E-state index is -0.755. The number of hydrogen-bond donors (Lipinski definition) is 3. The molecule has 1 aliphatic rings. The van der Waals surface area contributed by atoms with Crippen molar-refractivity contribution in [2.75, 3.05) is 26.2 Å². The second kappa shape index (κ2) is 6.54. The van der Waals surface area contributed by atoms with Crippen LogP contribution in [0.4, 0.5) is 0 Å². The number of nitrogens with one attached hydrogen (secondary N) is 2. The molecule has 0 amide bonds. The molecule has 0 aliphatic carbocycles. The average Bonchev–Trinajstić information content (AvgIpc) is 2.36. The fraction of sp³-hybridized carbons (Fsp3) is 0.500. The predicted octanol–water partition coefficient (Wildman–Crippen LogP) is 0.862. The number of hydrogen-bond acceptors (Lipinski definition) is 4. The molecular weight excluding hydrogens is 244 g/mol. The third kappa shape index (κ3) is 4.22. The Labute approximate surface area is 113 Å². The van der Waals surface area contributed by atoms with Gasteiger partial charge < -0.3 is 20.5 Å². The van der Waals surface area contributed by atoms with Gasteiger partial charge in [-0.2, -0.15) is 0 Å². The number of rotatable bonds is 8. The second-order valence-corrected chi connectivity index (χ2v) is 4.90. The zero-order valence-corrected chi connectivity index (χ0v) is 10.9. The van der Waals surface area contributed by atoms with E-state index in [1.54, 1.807) is 0 Å². The standard InChI is InChI=1S/C14H20N2O3/c17-13(18)9-14(10-15-11-14)16-7-4-8-19-12-5-2-1-3-6-12/h1-3,5-6,15-16H,4,7-11H2,(H,17,18). The fourth-order valence-electron chi connectivity index (χ4n) is 2.16. The lowest BCUT2D eigenvalue weighted by Crippen LogP contribution is -2.68. The molecule has 0 saturated carbocycles. The maximum Gasteiger partial charge on any atom is 0.305 e. The van der Waals surface area contributed by atoms with Gasteiger partial charge in [-0.25, -0.2) is 0 Å². The van der Waals surface area contributed by atoms with Crippen LogP contribution in [0.3, 0.4) is 0 Å². The van der Waals surface area contributed by atoms with E-state index >= 15 is 0 Å². The first-order chi connectivity index (χ1) is 9.20. The topological polar surface area (TPSA) is 70.6 Å². The quantitative estimate of drug-likeness (QED) is 0.608. The van der Waals surface area contributed by atoms with Crippen LogP contribution < -0.4 is 15.4 Å². The van der Waals surface area contributed by atoms with Gasteiger partial charge in [-0.15, -0.1) is 0 Å². The van der Waals surface area contributed by atoms with E-state index < -0.39 is 5.97 Å². The van der Waals surface area contributed by atoms with E-state index in [0.29, 0.717) is 6.61 Å². The van der Waals surface area contributed by atoms with Crippen molar-refractivity contribution in [3.63, 3.8) is 0 Å². The Morgan fingerprint density at radius 3 is 2.68 bits per heavy atom. The molecule has 3 N–H and O–H groups in total. The predicted molar refractivity (Wildman–Crippen MR) is 72.4 cm³/mol. The molecule has 1 heterocycles. The first kappa shape index (κ1) is 13.8.